The third-order valence-electron chi connectivity index (χ3n) is 4.23. The molecule has 0 atom stereocenters. The van der Waals surface area contributed by atoms with Gasteiger partial charge in [0.25, 0.3) is 10.1 Å². The second-order valence-corrected chi connectivity index (χ2v) is 9.65. The van der Waals surface area contributed by atoms with Crippen LogP contribution < -0.4 is 0 Å². The van der Waals surface area contributed by atoms with Crippen LogP contribution in [0.2, 0.25) is 0 Å². The highest BCUT2D eigenvalue weighted by Gasteiger charge is 2.24. The zero-order valence-corrected chi connectivity index (χ0v) is 18.6. The maximum absolute atomic E-state index is 14.1. The van der Waals surface area contributed by atoms with E-state index in [9.17, 15) is 17.6 Å². The summed E-state index contributed by atoms with van der Waals surface area (Å²) in [6, 6.07) is 8.06. The maximum Gasteiger partial charge on any atom is 0.343 e. The molecular formula is C22H28FNO5S. The van der Waals surface area contributed by atoms with E-state index >= 15 is 0 Å². The van der Waals surface area contributed by atoms with E-state index in [4.69, 9.17) is 8.92 Å². The first kappa shape index (κ1) is 24.0. The Bertz CT molecular complexity index is 966. The zero-order valence-electron chi connectivity index (χ0n) is 17.8. The molecule has 0 unspecified atom stereocenters. The smallest absolute Gasteiger partial charge is 0.343 e. The third-order valence-corrected chi connectivity index (χ3v) is 5.56. The molecule has 0 fully saturated rings. The minimum atomic E-state index is -3.78. The van der Waals surface area contributed by atoms with E-state index in [2.05, 4.69) is 4.98 Å². The minimum Gasteiger partial charge on any atom is -0.456 e. The van der Waals surface area contributed by atoms with E-state index in [1.54, 1.807) is 39.0 Å². The van der Waals surface area contributed by atoms with Gasteiger partial charge < -0.3 is 4.74 Å². The molecule has 1 heterocycles. The molecule has 2 rings (SSSR count). The van der Waals surface area contributed by atoms with Crippen molar-refractivity contribution in [3.05, 3.63) is 59.2 Å². The van der Waals surface area contributed by atoms with Crippen molar-refractivity contribution in [2.45, 2.75) is 63.9 Å². The lowest BCUT2D eigenvalue weighted by atomic mass is 10.0. The number of esters is 1. The van der Waals surface area contributed by atoms with Crippen LogP contribution in [0.3, 0.4) is 0 Å². The minimum absolute atomic E-state index is 0.0554. The molecule has 2 aromatic rings. The van der Waals surface area contributed by atoms with Crippen LogP contribution in [0.1, 0.15) is 61.5 Å². The van der Waals surface area contributed by atoms with Gasteiger partial charge in [0, 0.05) is 6.20 Å². The Balaban J connectivity index is 1.85. The van der Waals surface area contributed by atoms with Crippen LogP contribution in [0.15, 0.2) is 41.4 Å². The van der Waals surface area contributed by atoms with Gasteiger partial charge in [-0.05, 0) is 70.7 Å². The first-order valence-corrected chi connectivity index (χ1v) is 11.2. The van der Waals surface area contributed by atoms with Crippen LogP contribution in [0, 0.1) is 12.9 Å². The lowest BCUT2D eigenvalue weighted by Gasteiger charge is -2.20. The number of carbonyl (C=O) groups is 1. The van der Waals surface area contributed by atoms with Crippen molar-refractivity contribution in [2.24, 2.45) is 0 Å². The maximum atomic E-state index is 14.1. The third kappa shape index (κ3) is 7.18. The van der Waals surface area contributed by atoms with Crippen LogP contribution in [-0.2, 0) is 25.5 Å². The van der Waals surface area contributed by atoms with Crippen molar-refractivity contribution < 1.29 is 26.5 Å². The quantitative estimate of drug-likeness (QED) is 0.247. The number of aromatic nitrogens is 1. The van der Waals surface area contributed by atoms with E-state index in [1.165, 1.54) is 18.3 Å². The molecule has 164 valence electrons. The van der Waals surface area contributed by atoms with Crippen LogP contribution in [0.4, 0.5) is 4.39 Å². The van der Waals surface area contributed by atoms with Gasteiger partial charge in [-0.15, -0.1) is 0 Å². The highest BCUT2D eigenvalue weighted by atomic mass is 32.2. The van der Waals surface area contributed by atoms with E-state index in [1.807, 2.05) is 6.92 Å². The van der Waals surface area contributed by atoms with Gasteiger partial charge in [0.1, 0.15) is 11.2 Å². The van der Waals surface area contributed by atoms with Crippen LogP contribution in [0.5, 0.6) is 0 Å². The molecule has 6 nitrogen and oxygen atoms in total. The molecule has 30 heavy (non-hydrogen) atoms. The average Bonchev–Trinajstić information content (AvgIpc) is 2.63. The fraction of sp³-hybridized carbons (Fsp3) is 0.455. The number of pyridine rings is 1. The number of benzene rings is 1. The van der Waals surface area contributed by atoms with Gasteiger partial charge in [0.05, 0.1) is 11.5 Å². The summed E-state index contributed by atoms with van der Waals surface area (Å²) >= 11 is 0. The summed E-state index contributed by atoms with van der Waals surface area (Å²) in [6.45, 7) is 7.07. The van der Waals surface area contributed by atoms with Gasteiger partial charge in [-0.3, -0.25) is 4.18 Å². The predicted molar refractivity (Wildman–Crippen MR) is 111 cm³/mol. The number of halogens is 1. The normalized spacial score (nSPS) is 12.0. The molecule has 0 aliphatic carbocycles. The standard InChI is InChI=1S/C22H28FNO5S/c1-16-9-11-18(12-10-16)30(26,27)28-15-7-5-6-8-17-13-14-24-20(23)19(17)21(25)29-22(2,3)4/h9-14H,5-8,15H2,1-4H3. The topological polar surface area (TPSA) is 82.6 Å². The van der Waals surface area contributed by atoms with Gasteiger partial charge >= 0.3 is 5.97 Å². The predicted octanol–water partition coefficient (Wildman–Crippen LogP) is 4.60. The summed E-state index contributed by atoms with van der Waals surface area (Å²) in [7, 11) is -3.78. The van der Waals surface area contributed by atoms with Gasteiger partial charge in [-0.1, -0.05) is 24.1 Å². The lowest BCUT2D eigenvalue weighted by molar-refractivity contribution is 0.00622. The molecule has 0 aliphatic rings. The molecular weight excluding hydrogens is 409 g/mol. The zero-order chi connectivity index (χ0) is 22.4. The molecule has 0 radical (unpaired) electrons. The highest BCUT2D eigenvalue weighted by molar-refractivity contribution is 7.86. The highest BCUT2D eigenvalue weighted by Crippen LogP contribution is 2.20. The second-order valence-electron chi connectivity index (χ2n) is 8.04. The van der Waals surface area contributed by atoms with Gasteiger partial charge in [-0.25, -0.2) is 9.78 Å². The van der Waals surface area contributed by atoms with Gasteiger partial charge in [-0.2, -0.15) is 12.8 Å². The van der Waals surface area contributed by atoms with E-state index in [-0.39, 0.29) is 17.1 Å². The number of unbranched alkanes of at least 4 members (excludes halogenated alkanes) is 2. The average molecular weight is 438 g/mol. The Kier molecular flexibility index (Phi) is 8.09. The van der Waals surface area contributed by atoms with Gasteiger partial charge in [0.2, 0.25) is 5.95 Å². The Morgan fingerprint density at radius 2 is 1.73 bits per heavy atom. The number of hydrogen-bond donors (Lipinski definition) is 0. The van der Waals surface area contributed by atoms with Crippen LogP contribution >= 0.6 is 0 Å². The second kappa shape index (κ2) is 10.1. The first-order chi connectivity index (χ1) is 14.0. The Hall–Kier alpha value is -2.32. The fourth-order valence-electron chi connectivity index (χ4n) is 2.76. The molecule has 0 saturated carbocycles. The largest absolute Gasteiger partial charge is 0.456 e. The van der Waals surface area contributed by atoms with Crippen molar-refractivity contribution >= 4 is 16.1 Å². The van der Waals surface area contributed by atoms with Crippen molar-refractivity contribution in [1.82, 2.24) is 4.98 Å². The molecule has 0 amide bonds. The number of hydrogen-bond acceptors (Lipinski definition) is 6. The summed E-state index contributed by atoms with van der Waals surface area (Å²) < 4.78 is 48.8. The SMILES string of the molecule is Cc1ccc(S(=O)(=O)OCCCCCc2ccnc(F)c2C(=O)OC(C)(C)C)cc1. The van der Waals surface area contributed by atoms with Crippen LogP contribution in [-0.4, -0.2) is 31.6 Å². The number of ether oxygens (including phenoxy) is 1. The van der Waals surface area contributed by atoms with E-state index < -0.39 is 27.6 Å². The summed E-state index contributed by atoms with van der Waals surface area (Å²) in [5.41, 5.74) is 0.597. The Morgan fingerprint density at radius 1 is 1.07 bits per heavy atom. The van der Waals surface area contributed by atoms with Crippen molar-refractivity contribution in [2.75, 3.05) is 6.61 Å². The summed E-state index contributed by atoms with van der Waals surface area (Å²) in [4.78, 5) is 16.0. The number of carbonyl (C=O) groups excluding carboxylic acids is 1. The Labute approximate surface area is 177 Å². The molecule has 0 bridgehead atoms. The molecule has 0 spiro atoms. The monoisotopic (exact) mass is 437 g/mol. The first-order valence-electron chi connectivity index (χ1n) is 9.82. The number of rotatable bonds is 9. The fourth-order valence-corrected chi connectivity index (χ4v) is 3.70. The Morgan fingerprint density at radius 3 is 2.37 bits per heavy atom. The molecule has 0 aliphatic heterocycles. The molecule has 0 saturated heterocycles. The summed E-state index contributed by atoms with van der Waals surface area (Å²) in [5, 5.41) is 0. The van der Waals surface area contributed by atoms with Crippen LogP contribution in [0.25, 0.3) is 0 Å². The summed E-state index contributed by atoms with van der Waals surface area (Å²) in [5.74, 6) is -1.59. The van der Waals surface area contributed by atoms with Crippen molar-refractivity contribution in [3.63, 3.8) is 0 Å². The van der Waals surface area contributed by atoms with Gasteiger partial charge in [0.15, 0.2) is 0 Å². The lowest BCUT2D eigenvalue weighted by Crippen LogP contribution is -2.25. The number of nitrogens with zero attached hydrogens (tertiary/aromatic N) is 1. The van der Waals surface area contributed by atoms with Crippen molar-refractivity contribution in [3.8, 4) is 0 Å². The molecule has 1 aromatic carbocycles. The number of aryl methyl sites for hydroxylation is 2. The summed E-state index contributed by atoms with van der Waals surface area (Å²) in [6.07, 6.45) is 3.56. The van der Waals surface area contributed by atoms with Crippen molar-refractivity contribution in [1.29, 1.82) is 0 Å². The van der Waals surface area contributed by atoms with E-state index in [0.29, 0.717) is 31.2 Å². The van der Waals surface area contributed by atoms with E-state index in [0.717, 1.165) is 5.56 Å². The molecule has 1 aromatic heterocycles. The molecule has 8 heteroatoms. The molecule has 0 N–H and O–H groups in total.